The predicted molar refractivity (Wildman–Crippen MR) is 66.5 cm³/mol. The van der Waals surface area contributed by atoms with Crippen molar-refractivity contribution in [1.82, 2.24) is 5.32 Å². The number of halogens is 1. The molecule has 5 heteroatoms. The van der Waals surface area contributed by atoms with E-state index < -0.39 is 0 Å². The second-order valence-corrected chi connectivity index (χ2v) is 4.18. The number of nitrogens with one attached hydrogen (secondary N) is 1. The zero-order valence-electron chi connectivity index (χ0n) is 9.13. The molecule has 0 aromatic heterocycles. The van der Waals surface area contributed by atoms with Gasteiger partial charge in [0.25, 0.3) is 0 Å². The zero-order valence-corrected chi connectivity index (χ0v) is 10.7. The first-order valence-corrected chi connectivity index (χ1v) is 5.76. The first-order valence-electron chi connectivity index (χ1n) is 4.96. The number of methoxy groups -OCH3 is 1. The third kappa shape index (κ3) is 3.83. The van der Waals surface area contributed by atoms with Crippen LogP contribution in [-0.4, -0.2) is 26.1 Å². The van der Waals surface area contributed by atoms with Gasteiger partial charge in [0.05, 0.1) is 13.7 Å². The summed E-state index contributed by atoms with van der Waals surface area (Å²) in [5.74, 6) is 0.680. The molecule has 1 amide bonds. The number of hydrogen-bond donors (Lipinski definition) is 2. The van der Waals surface area contributed by atoms with Gasteiger partial charge in [0.2, 0.25) is 5.91 Å². The van der Waals surface area contributed by atoms with Crippen LogP contribution in [0.4, 0.5) is 0 Å². The van der Waals surface area contributed by atoms with Gasteiger partial charge in [-0.25, -0.2) is 0 Å². The summed E-state index contributed by atoms with van der Waals surface area (Å²) in [6, 6.07) is 5.79. The molecule has 0 aliphatic rings. The highest BCUT2D eigenvalue weighted by Gasteiger charge is 2.04. The number of amides is 1. The molecule has 0 fully saturated rings. The van der Waals surface area contributed by atoms with E-state index in [2.05, 4.69) is 21.2 Å². The summed E-state index contributed by atoms with van der Waals surface area (Å²) in [5, 5.41) is 2.72. The highest BCUT2D eigenvalue weighted by Crippen LogP contribution is 2.22. The maximum absolute atomic E-state index is 10.9. The van der Waals surface area contributed by atoms with Crippen LogP contribution in [0.15, 0.2) is 22.7 Å². The standard InChI is InChI=1S/C11H15BrN2O2/c1-16-10-3-2-9(12)6-8(10)4-5-14-11(15)7-13/h2-3,6H,4-5,7,13H2,1H3,(H,14,15). The van der Waals surface area contributed by atoms with Gasteiger partial charge >= 0.3 is 0 Å². The summed E-state index contributed by atoms with van der Waals surface area (Å²) in [6.07, 6.45) is 0.717. The lowest BCUT2D eigenvalue weighted by atomic mass is 10.1. The minimum atomic E-state index is -0.144. The normalized spacial score (nSPS) is 9.94. The lowest BCUT2D eigenvalue weighted by Gasteiger charge is -2.09. The summed E-state index contributed by atoms with van der Waals surface area (Å²) in [5.41, 5.74) is 6.24. The first kappa shape index (κ1) is 13.0. The Morgan fingerprint density at radius 2 is 2.31 bits per heavy atom. The molecule has 3 N–H and O–H groups in total. The van der Waals surface area contributed by atoms with Gasteiger partial charge in [0.1, 0.15) is 5.75 Å². The van der Waals surface area contributed by atoms with Gasteiger partial charge in [-0.05, 0) is 30.2 Å². The highest BCUT2D eigenvalue weighted by molar-refractivity contribution is 9.10. The Kier molecular flexibility index (Phi) is 5.28. The van der Waals surface area contributed by atoms with Crippen molar-refractivity contribution >= 4 is 21.8 Å². The van der Waals surface area contributed by atoms with Crippen LogP contribution in [0, 0.1) is 0 Å². The van der Waals surface area contributed by atoms with E-state index in [0.717, 1.165) is 15.8 Å². The number of nitrogens with two attached hydrogens (primary N) is 1. The summed E-state index contributed by atoms with van der Waals surface area (Å²) in [7, 11) is 1.63. The molecule has 0 atom stereocenters. The molecule has 0 aliphatic heterocycles. The molecule has 1 aromatic rings. The highest BCUT2D eigenvalue weighted by atomic mass is 79.9. The molecule has 1 rings (SSSR count). The third-order valence-electron chi connectivity index (χ3n) is 2.14. The Morgan fingerprint density at radius 3 is 2.94 bits per heavy atom. The molecular formula is C11H15BrN2O2. The van der Waals surface area contributed by atoms with Crippen LogP contribution in [0.5, 0.6) is 5.75 Å². The summed E-state index contributed by atoms with van der Waals surface area (Å²) in [6.45, 7) is 0.582. The van der Waals surface area contributed by atoms with E-state index in [1.165, 1.54) is 0 Å². The van der Waals surface area contributed by atoms with Crippen LogP contribution in [0.2, 0.25) is 0 Å². The van der Waals surface area contributed by atoms with Crippen molar-refractivity contribution in [3.8, 4) is 5.75 Å². The van der Waals surface area contributed by atoms with Gasteiger partial charge in [-0.3, -0.25) is 4.79 Å². The fourth-order valence-corrected chi connectivity index (χ4v) is 1.76. The van der Waals surface area contributed by atoms with E-state index in [1.807, 2.05) is 18.2 Å². The average Bonchev–Trinajstić information content (AvgIpc) is 2.29. The molecule has 0 bridgehead atoms. The van der Waals surface area contributed by atoms with Crippen LogP contribution in [-0.2, 0) is 11.2 Å². The topological polar surface area (TPSA) is 64.3 Å². The van der Waals surface area contributed by atoms with Crippen molar-refractivity contribution in [2.45, 2.75) is 6.42 Å². The van der Waals surface area contributed by atoms with Gasteiger partial charge in [-0.15, -0.1) is 0 Å². The number of ether oxygens (including phenoxy) is 1. The Labute approximate surface area is 103 Å². The van der Waals surface area contributed by atoms with Crippen LogP contribution < -0.4 is 15.8 Å². The van der Waals surface area contributed by atoms with E-state index in [9.17, 15) is 4.79 Å². The first-order chi connectivity index (χ1) is 7.67. The molecule has 0 aliphatic carbocycles. The fraction of sp³-hybridized carbons (Fsp3) is 0.364. The number of benzene rings is 1. The summed E-state index contributed by atoms with van der Waals surface area (Å²) >= 11 is 3.40. The lowest BCUT2D eigenvalue weighted by Crippen LogP contribution is -2.31. The van der Waals surface area contributed by atoms with Crippen LogP contribution in [0.25, 0.3) is 0 Å². The second-order valence-electron chi connectivity index (χ2n) is 3.26. The van der Waals surface area contributed by atoms with E-state index >= 15 is 0 Å². The van der Waals surface area contributed by atoms with Crippen molar-refractivity contribution in [1.29, 1.82) is 0 Å². The molecule has 0 radical (unpaired) electrons. The van der Waals surface area contributed by atoms with Gasteiger partial charge in [0.15, 0.2) is 0 Å². The average molecular weight is 287 g/mol. The molecule has 4 nitrogen and oxygen atoms in total. The quantitative estimate of drug-likeness (QED) is 0.851. The van der Waals surface area contributed by atoms with Crippen LogP contribution in [0.3, 0.4) is 0 Å². The summed E-state index contributed by atoms with van der Waals surface area (Å²) < 4.78 is 6.22. The Morgan fingerprint density at radius 1 is 1.56 bits per heavy atom. The molecule has 1 aromatic carbocycles. The number of hydrogen-bond acceptors (Lipinski definition) is 3. The van der Waals surface area contributed by atoms with E-state index in [1.54, 1.807) is 7.11 Å². The molecule has 16 heavy (non-hydrogen) atoms. The van der Waals surface area contributed by atoms with Crippen molar-refractivity contribution in [3.05, 3.63) is 28.2 Å². The Balaban J connectivity index is 2.58. The van der Waals surface area contributed by atoms with E-state index in [0.29, 0.717) is 13.0 Å². The smallest absolute Gasteiger partial charge is 0.233 e. The third-order valence-corrected chi connectivity index (χ3v) is 2.64. The van der Waals surface area contributed by atoms with Gasteiger partial charge < -0.3 is 15.8 Å². The monoisotopic (exact) mass is 286 g/mol. The van der Waals surface area contributed by atoms with Crippen molar-refractivity contribution in [3.63, 3.8) is 0 Å². The minimum Gasteiger partial charge on any atom is -0.496 e. The predicted octanol–water partition coefficient (Wildman–Crippen LogP) is 1.08. The SMILES string of the molecule is COc1ccc(Br)cc1CCNC(=O)CN. The molecule has 0 spiro atoms. The maximum Gasteiger partial charge on any atom is 0.233 e. The zero-order chi connectivity index (χ0) is 12.0. The summed E-state index contributed by atoms with van der Waals surface area (Å²) in [4.78, 5) is 10.9. The Bertz CT molecular complexity index is 369. The Hall–Kier alpha value is -1.07. The lowest BCUT2D eigenvalue weighted by molar-refractivity contribution is -0.119. The molecule has 0 saturated carbocycles. The number of rotatable bonds is 5. The van der Waals surface area contributed by atoms with Crippen molar-refractivity contribution < 1.29 is 9.53 Å². The minimum absolute atomic E-state index is 0.0234. The molecule has 0 heterocycles. The van der Waals surface area contributed by atoms with Crippen LogP contribution >= 0.6 is 15.9 Å². The van der Waals surface area contributed by atoms with Crippen LogP contribution in [0.1, 0.15) is 5.56 Å². The fourth-order valence-electron chi connectivity index (χ4n) is 1.35. The molecule has 0 unspecified atom stereocenters. The number of carbonyl (C=O) groups excluding carboxylic acids is 1. The van der Waals surface area contributed by atoms with E-state index in [4.69, 9.17) is 10.5 Å². The molecule has 88 valence electrons. The van der Waals surface area contributed by atoms with Gasteiger partial charge in [-0.1, -0.05) is 15.9 Å². The molecular weight excluding hydrogens is 272 g/mol. The maximum atomic E-state index is 10.9. The van der Waals surface area contributed by atoms with E-state index in [-0.39, 0.29) is 12.5 Å². The number of carbonyl (C=O) groups is 1. The van der Waals surface area contributed by atoms with Gasteiger partial charge in [-0.2, -0.15) is 0 Å². The van der Waals surface area contributed by atoms with Gasteiger partial charge in [0, 0.05) is 11.0 Å². The van der Waals surface area contributed by atoms with Crippen molar-refractivity contribution in [2.75, 3.05) is 20.2 Å². The van der Waals surface area contributed by atoms with Crippen molar-refractivity contribution in [2.24, 2.45) is 5.73 Å². The second kappa shape index (κ2) is 6.50. The largest absolute Gasteiger partial charge is 0.496 e. The molecule has 0 saturated heterocycles.